The molecule has 0 spiro atoms. The summed E-state index contributed by atoms with van der Waals surface area (Å²) in [4.78, 5) is 10.1. The summed E-state index contributed by atoms with van der Waals surface area (Å²) in [5.41, 5.74) is -0.00179. The van der Waals surface area contributed by atoms with Crippen LogP contribution in [0.3, 0.4) is 0 Å². The normalized spacial score (nSPS) is 23.6. The predicted octanol–water partition coefficient (Wildman–Crippen LogP) is 2.26. The van der Waals surface area contributed by atoms with Crippen LogP contribution in [0, 0.1) is 10.1 Å². The minimum Gasteiger partial charge on any atom is -0.489 e. The monoisotopic (exact) mass is 287 g/mol. The second-order valence-electron chi connectivity index (χ2n) is 3.74. The number of hydrogen-bond donors (Lipinski definition) is 1. The first-order chi connectivity index (χ1) is 7.56. The Kier molecular flexibility index (Phi) is 3.11. The molecule has 1 aromatic rings. The van der Waals surface area contributed by atoms with Gasteiger partial charge in [0.1, 0.15) is 11.9 Å². The molecular formula is C10H10BrNO4. The second-order valence-corrected chi connectivity index (χ2v) is 4.59. The molecule has 1 aliphatic rings. The second kappa shape index (κ2) is 4.39. The molecule has 0 amide bonds. The van der Waals surface area contributed by atoms with E-state index in [2.05, 4.69) is 15.9 Å². The number of ether oxygens (including phenoxy) is 1. The van der Waals surface area contributed by atoms with Crippen molar-refractivity contribution in [1.29, 1.82) is 0 Å². The lowest BCUT2D eigenvalue weighted by molar-refractivity contribution is -0.385. The molecule has 6 heteroatoms. The SMILES string of the molecule is O=[N+]([O-])c1ccc(Br)c(OC2CC(O)C2)c1. The fourth-order valence-electron chi connectivity index (χ4n) is 1.51. The highest BCUT2D eigenvalue weighted by molar-refractivity contribution is 9.10. The standard InChI is InChI=1S/C10H10BrNO4/c11-9-2-1-6(12(14)15)3-10(9)16-8-4-7(13)5-8/h1-3,7-8,13H,4-5H2. The topological polar surface area (TPSA) is 72.6 Å². The molecule has 0 atom stereocenters. The van der Waals surface area contributed by atoms with Gasteiger partial charge in [0.15, 0.2) is 0 Å². The summed E-state index contributed by atoms with van der Waals surface area (Å²) in [7, 11) is 0. The summed E-state index contributed by atoms with van der Waals surface area (Å²) in [6.07, 6.45) is 0.806. The smallest absolute Gasteiger partial charge is 0.273 e. The summed E-state index contributed by atoms with van der Waals surface area (Å²) in [6.45, 7) is 0. The van der Waals surface area contributed by atoms with E-state index in [-0.39, 0.29) is 17.9 Å². The van der Waals surface area contributed by atoms with Crippen molar-refractivity contribution in [2.45, 2.75) is 25.0 Å². The minimum atomic E-state index is -0.463. The molecule has 0 heterocycles. The fraction of sp³-hybridized carbons (Fsp3) is 0.400. The number of nitro benzene ring substituents is 1. The average Bonchev–Trinajstić information content (AvgIpc) is 2.18. The molecule has 0 saturated heterocycles. The van der Waals surface area contributed by atoms with E-state index in [9.17, 15) is 10.1 Å². The first-order valence-electron chi connectivity index (χ1n) is 4.85. The van der Waals surface area contributed by atoms with E-state index in [0.29, 0.717) is 23.1 Å². The Morgan fingerprint density at radius 2 is 2.19 bits per heavy atom. The van der Waals surface area contributed by atoms with E-state index in [1.807, 2.05) is 0 Å². The van der Waals surface area contributed by atoms with Crippen molar-refractivity contribution in [2.75, 3.05) is 0 Å². The molecular weight excluding hydrogens is 278 g/mol. The van der Waals surface area contributed by atoms with Crippen LogP contribution >= 0.6 is 15.9 Å². The van der Waals surface area contributed by atoms with Crippen LogP contribution in [0.2, 0.25) is 0 Å². The highest BCUT2D eigenvalue weighted by Gasteiger charge is 2.29. The van der Waals surface area contributed by atoms with E-state index in [0.717, 1.165) is 0 Å². The Labute approximate surface area is 100 Å². The van der Waals surface area contributed by atoms with Gasteiger partial charge in [0.05, 0.1) is 21.6 Å². The summed E-state index contributed by atoms with van der Waals surface area (Å²) < 4.78 is 6.21. The molecule has 5 nitrogen and oxygen atoms in total. The van der Waals surface area contributed by atoms with Crippen molar-refractivity contribution >= 4 is 21.6 Å². The van der Waals surface area contributed by atoms with Gasteiger partial charge < -0.3 is 9.84 Å². The van der Waals surface area contributed by atoms with Gasteiger partial charge in [-0.05, 0) is 22.0 Å². The third-order valence-electron chi connectivity index (χ3n) is 2.49. The zero-order valence-electron chi connectivity index (χ0n) is 8.30. The Hall–Kier alpha value is -1.14. The Balaban J connectivity index is 2.12. The Morgan fingerprint density at radius 1 is 1.50 bits per heavy atom. The van der Waals surface area contributed by atoms with Crippen molar-refractivity contribution < 1.29 is 14.8 Å². The summed E-state index contributed by atoms with van der Waals surface area (Å²) in [5.74, 6) is 0.450. The van der Waals surface area contributed by atoms with Crippen LogP contribution in [0.25, 0.3) is 0 Å². The molecule has 1 N–H and O–H groups in total. The predicted molar refractivity (Wildman–Crippen MR) is 60.5 cm³/mol. The fourth-order valence-corrected chi connectivity index (χ4v) is 1.85. The number of aliphatic hydroxyl groups is 1. The number of rotatable bonds is 3. The van der Waals surface area contributed by atoms with Crippen molar-refractivity contribution in [1.82, 2.24) is 0 Å². The first-order valence-corrected chi connectivity index (χ1v) is 5.64. The number of non-ortho nitro benzene ring substituents is 1. The average molecular weight is 288 g/mol. The van der Waals surface area contributed by atoms with Crippen molar-refractivity contribution in [2.24, 2.45) is 0 Å². The van der Waals surface area contributed by atoms with Gasteiger partial charge in [0.25, 0.3) is 5.69 Å². The van der Waals surface area contributed by atoms with Gasteiger partial charge in [-0.3, -0.25) is 10.1 Å². The van der Waals surface area contributed by atoms with Gasteiger partial charge in [-0.2, -0.15) is 0 Å². The molecule has 16 heavy (non-hydrogen) atoms. The van der Waals surface area contributed by atoms with E-state index < -0.39 is 4.92 Å². The summed E-state index contributed by atoms with van der Waals surface area (Å²) >= 11 is 3.27. The molecule has 86 valence electrons. The lowest BCUT2D eigenvalue weighted by Gasteiger charge is -2.31. The summed E-state index contributed by atoms with van der Waals surface area (Å²) in [5, 5.41) is 19.7. The van der Waals surface area contributed by atoms with Crippen LogP contribution in [0.5, 0.6) is 5.75 Å². The van der Waals surface area contributed by atoms with E-state index >= 15 is 0 Å². The molecule has 1 fully saturated rings. The minimum absolute atomic E-state index is 0.00179. The molecule has 0 aromatic heterocycles. The Morgan fingerprint density at radius 3 is 2.75 bits per heavy atom. The van der Waals surface area contributed by atoms with Gasteiger partial charge in [0.2, 0.25) is 0 Å². The van der Waals surface area contributed by atoms with Gasteiger partial charge in [0, 0.05) is 18.9 Å². The van der Waals surface area contributed by atoms with Crippen molar-refractivity contribution in [3.63, 3.8) is 0 Å². The molecule has 0 aliphatic heterocycles. The number of benzene rings is 1. The van der Waals surface area contributed by atoms with Crippen molar-refractivity contribution in [3.8, 4) is 5.75 Å². The molecule has 0 unspecified atom stereocenters. The molecule has 1 aliphatic carbocycles. The van der Waals surface area contributed by atoms with Crippen LogP contribution < -0.4 is 4.74 Å². The lowest BCUT2D eigenvalue weighted by Crippen LogP contribution is -2.37. The van der Waals surface area contributed by atoms with E-state index in [1.54, 1.807) is 6.07 Å². The maximum absolute atomic E-state index is 10.6. The lowest BCUT2D eigenvalue weighted by atomic mass is 9.92. The first kappa shape index (κ1) is 11.3. The largest absolute Gasteiger partial charge is 0.489 e. The molecule has 0 radical (unpaired) electrons. The quantitative estimate of drug-likeness (QED) is 0.684. The zero-order valence-corrected chi connectivity index (χ0v) is 9.88. The Bertz CT molecular complexity index is 417. The van der Waals surface area contributed by atoms with Crippen LogP contribution in [-0.2, 0) is 0 Å². The highest BCUT2D eigenvalue weighted by atomic mass is 79.9. The number of hydrogen-bond acceptors (Lipinski definition) is 4. The molecule has 1 saturated carbocycles. The number of nitrogens with zero attached hydrogens (tertiary/aromatic N) is 1. The maximum atomic E-state index is 10.6. The van der Waals surface area contributed by atoms with Crippen LogP contribution in [0.4, 0.5) is 5.69 Å². The molecule has 1 aromatic carbocycles. The van der Waals surface area contributed by atoms with E-state index in [4.69, 9.17) is 9.84 Å². The number of nitro groups is 1. The maximum Gasteiger partial charge on any atom is 0.273 e. The van der Waals surface area contributed by atoms with E-state index in [1.165, 1.54) is 12.1 Å². The molecule has 2 rings (SSSR count). The number of halogens is 1. The third kappa shape index (κ3) is 2.33. The van der Waals surface area contributed by atoms with Crippen LogP contribution in [0.1, 0.15) is 12.8 Å². The van der Waals surface area contributed by atoms with Crippen LogP contribution in [-0.4, -0.2) is 22.2 Å². The summed E-state index contributed by atoms with van der Waals surface area (Å²) in [6, 6.07) is 4.38. The third-order valence-corrected chi connectivity index (χ3v) is 3.14. The number of aliphatic hydroxyl groups excluding tert-OH is 1. The van der Waals surface area contributed by atoms with Gasteiger partial charge in [-0.15, -0.1) is 0 Å². The zero-order chi connectivity index (χ0) is 11.7. The highest BCUT2D eigenvalue weighted by Crippen LogP contribution is 2.33. The van der Waals surface area contributed by atoms with Crippen molar-refractivity contribution in [3.05, 3.63) is 32.8 Å². The van der Waals surface area contributed by atoms with Gasteiger partial charge >= 0.3 is 0 Å². The molecule has 0 bridgehead atoms. The van der Waals surface area contributed by atoms with Crippen LogP contribution in [0.15, 0.2) is 22.7 Å². The van der Waals surface area contributed by atoms with Gasteiger partial charge in [-0.25, -0.2) is 0 Å². The van der Waals surface area contributed by atoms with Gasteiger partial charge in [-0.1, -0.05) is 0 Å².